The molecule has 25 heavy (non-hydrogen) atoms. The van der Waals surface area contributed by atoms with Gasteiger partial charge in [-0.25, -0.2) is 9.18 Å². The monoisotopic (exact) mass is 365 g/mol. The summed E-state index contributed by atoms with van der Waals surface area (Å²) in [7, 11) is 0. The zero-order chi connectivity index (χ0) is 18.9. The third kappa shape index (κ3) is 3.64. The van der Waals surface area contributed by atoms with Crippen LogP contribution in [0.4, 0.5) is 4.39 Å². The van der Waals surface area contributed by atoms with Crippen LogP contribution in [0.3, 0.4) is 0 Å². The van der Waals surface area contributed by atoms with E-state index in [0.717, 1.165) is 6.07 Å². The third-order valence-corrected chi connectivity index (χ3v) is 4.17. The van der Waals surface area contributed by atoms with Gasteiger partial charge < -0.3 is 9.72 Å². The van der Waals surface area contributed by atoms with Crippen molar-refractivity contribution >= 4 is 29.1 Å². The fraction of sp³-hybridized carbons (Fsp3) is 0.278. The molecular weight excluding hydrogens is 349 g/mol. The molecule has 0 aliphatic carbocycles. The summed E-state index contributed by atoms with van der Waals surface area (Å²) in [6.07, 6.45) is -1.18. The van der Waals surface area contributed by atoms with Gasteiger partial charge >= 0.3 is 5.97 Å². The van der Waals surface area contributed by atoms with Gasteiger partial charge in [-0.1, -0.05) is 17.7 Å². The maximum atomic E-state index is 13.8. The lowest BCUT2D eigenvalue weighted by atomic mass is 10.0. The van der Waals surface area contributed by atoms with E-state index in [1.165, 1.54) is 26.0 Å². The lowest BCUT2D eigenvalue weighted by Gasteiger charge is -2.13. The van der Waals surface area contributed by atoms with Crippen LogP contribution in [-0.2, 0) is 4.74 Å². The SMILES string of the molecule is CC(=O)c1c(C)[nH]c(C(=O)[C@H](C)OC(=O)c2c(F)cccc2Cl)c1C. The Balaban J connectivity index is 2.26. The van der Waals surface area contributed by atoms with E-state index in [4.69, 9.17) is 16.3 Å². The van der Waals surface area contributed by atoms with Crippen molar-refractivity contribution in [3.05, 3.63) is 57.1 Å². The third-order valence-electron chi connectivity index (χ3n) is 3.86. The summed E-state index contributed by atoms with van der Waals surface area (Å²) < 4.78 is 18.8. The fourth-order valence-electron chi connectivity index (χ4n) is 2.69. The molecule has 0 unspecified atom stereocenters. The number of nitrogens with one attached hydrogen (secondary N) is 1. The maximum absolute atomic E-state index is 13.8. The van der Waals surface area contributed by atoms with Crippen LogP contribution in [0.15, 0.2) is 18.2 Å². The van der Waals surface area contributed by atoms with E-state index in [-0.39, 0.29) is 16.5 Å². The number of hydrogen-bond donors (Lipinski definition) is 1. The molecule has 0 amide bonds. The molecule has 0 saturated heterocycles. The molecule has 1 heterocycles. The van der Waals surface area contributed by atoms with Crippen molar-refractivity contribution in [1.29, 1.82) is 0 Å². The number of halogens is 2. The largest absolute Gasteiger partial charge is 0.450 e. The predicted octanol–water partition coefficient (Wildman–Crippen LogP) is 4.05. The minimum atomic E-state index is -1.18. The Morgan fingerprint density at radius 2 is 1.84 bits per heavy atom. The van der Waals surface area contributed by atoms with E-state index in [1.807, 2.05) is 0 Å². The molecule has 5 nitrogen and oxygen atoms in total. The molecule has 2 aromatic rings. The van der Waals surface area contributed by atoms with Gasteiger partial charge in [0.25, 0.3) is 0 Å². The van der Waals surface area contributed by atoms with Crippen LogP contribution in [-0.4, -0.2) is 28.6 Å². The molecule has 0 aliphatic rings. The second-order valence-electron chi connectivity index (χ2n) is 5.69. The van der Waals surface area contributed by atoms with Crippen molar-refractivity contribution < 1.29 is 23.5 Å². The van der Waals surface area contributed by atoms with Crippen molar-refractivity contribution in [1.82, 2.24) is 4.98 Å². The van der Waals surface area contributed by atoms with Crippen LogP contribution in [0, 0.1) is 19.7 Å². The molecule has 0 radical (unpaired) electrons. The molecule has 1 aromatic carbocycles. The number of aryl methyl sites for hydroxylation is 1. The number of esters is 1. The number of rotatable bonds is 5. The van der Waals surface area contributed by atoms with Gasteiger partial charge in [0.2, 0.25) is 5.78 Å². The van der Waals surface area contributed by atoms with Gasteiger partial charge in [0.15, 0.2) is 11.9 Å². The number of aromatic nitrogens is 1. The van der Waals surface area contributed by atoms with E-state index >= 15 is 0 Å². The summed E-state index contributed by atoms with van der Waals surface area (Å²) >= 11 is 5.82. The Hall–Kier alpha value is -2.47. The number of H-pyrrole nitrogens is 1. The minimum Gasteiger partial charge on any atom is -0.450 e. The van der Waals surface area contributed by atoms with Gasteiger partial charge in [-0.05, 0) is 45.4 Å². The molecule has 0 fully saturated rings. The molecule has 0 spiro atoms. The summed E-state index contributed by atoms with van der Waals surface area (Å²) in [6.45, 7) is 6.09. The van der Waals surface area contributed by atoms with Crippen LogP contribution in [0.1, 0.15) is 56.3 Å². The Labute approximate surface area is 149 Å². The van der Waals surface area contributed by atoms with Crippen molar-refractivity contribution in [3.8, 4) is 0 Å². The normalized spacial score (nSPS) is 11.9. The summed E-state index contributed by atoms with van der Waals surface area (Å²) in [4.78, 5) is 39.2. The zero-order valence-corrected chi connectivity index (χ0v) is 15.0. The summed E-state index contributed by atoms with van der Waals surface area (Å²) in [5.41, 5.74) is 1.24. The second kappa shape index (κ2) is 7.19. The Morgan fingerprint density at radius 1 is 1.20 bits per heavy atom. The minimum absolute atomic E-state index is 0.101. The molecular formula is C18H17ClFNO4. The highest BCUT2D eigenvalue weighted by Crippen LogP contribution is 2.23. The molecule has 0 bridgehead atoms. The van der Waals surface area contributed by atoms with Crippen LogP contribution < -0.4 is 0 Å². The molecule has 0 saturated carbocycles. The van der Waals surface area contributed by atoms with Gasteiger partial charge in [0.1, 0.15) is 11.4 Å². The van der Waals surface area contributed by atoms with Gasteiger partial charge in [-0.15, -0.1) is 0 Å². The predicted molar refractivity (Wildman–Crippen MR) is 90.9 cm³/mol. The standard InChI is InChI=1S/C18H17ClFNO4/c1-8-14(10(3)22)9(2)21-16(8)17(23)11(4)25-18(24)15-12(19)6-5-7-13(15)20/h5-7,11,21H,1-4H3/t11-/m0/s1. The number of ether oxygens (including phenoxy) is 1. The van der Waals surface area contributed by atoms with Crippen LogP contribution >= 0.6 is 11.6 Å². The van der Waals surface area contributed by atoms with Crippen LogP contribution in [0.25, 0.3) is 0 Å². The van der Waals surface area contributed by atoms with E-state index in [1.54, 1.807) is 13.8 Å². The average Bonchev–Trinajstić information content (AvgIpc) is 2.80. The van der Waals surface area contributed by atoms with Crippen LogP contribution in [0.5, 0.6) is 0 Å². The molecule has 132 valence electrons. The van der Waals surface area contributed by atoms with Gasteiger partial charge in [0, 0.05) is 11.3 Å². The van der Waals surface area contributed by atoms with Crippen molar-refractivity contribution in [2.45, 2.75) is 33.8 Å². The first kappa shape index (κ1) is 18.9. The highest BCUT2D eigenvalue weighted by molar-refractivity contribution is 6.33. The van der Waals surface area contributed by atoms with Gasteiger partial charge in [0.05, 0.1) is 10.7 Å². The van der Waals surface area contributed by atoms with E-state index in [2.05, 4.69) is 4.98 Å². The quantitative estimate of drug-likeness (QED) is 0.640. The lowest BCUT2D eigenvalue weighted by molar-refractivity contribution is 0.0312. The topological polar surface area (TPSA) is 76.2 Å². The number of hydrogen-bond acceptors (Lipinski definition) is 4. The highest BCUT2D eigenvalue weighted by atomic mass is 35.5. The summed E-state index contributed by atoms with van der Waals surface area (Å²) in [6, 6.07) is 3.79. The number of ketones is 2. The Bertz CT molecular complexity index is 852. The molecule has 1 atom stereocenters. The summed E-state index contributed by atoms with van der Waals surface area (Å²) in [5.74, 6) is -2.55. The van der Waals surface area contributed by atoms with E-state index < -0.39 is 29.2 Å². The smallest absolute Gasteiger partial charge is 0.343 e. The zero-order valence-electron chi connectivity index (χ0n) is 14.2. The van der Waals surface area contributed by atoms with Gasteiger partial charge in [-0.3, -0.25) is 9.59 Å². The maximum Gasteiger partial charge on any atom is 0.343 e. The van der Waals surface area contributed by atoms with Crippen molar-refractivity contribution in [2.75, 3.05) is 0 Å². The lowest BCUT2D eigenvalue weighted by Crippen LogP contribution is -2.26. The average molecular weight is 366 g/mol. The number of benzene rings is 1. The molecule has 1 aromatic heterocycles. The Kier molecular flexibility index (Phi) is 5.42. The first-order valence-electron chi connectivity index (χ1n) is 7.54. The number of carbonyl (C=O) groups is 3. The van der Waals surface area contributed by atoms with Crippen LogP contribution in [0.2, 0.25) is 5.02 Å². The fourth-order valence-corrected chi connectivity index (χ4v) is 2.93. The molecule has 7 heteroatoms. The number of aromatic amines is 1. The number of Topliss-reactive ketones (excluding diaryl/α,β-unsaturated/α-hetero) is 2. The molecule has 2 rings (SSSR count). The van der Waals surface area contributed by atoms with E-state index in [0.29, 0.717) is 16.8 Å². The first-order valence-corrected chi connectivity index (χ1v) is 7.92. The summed E-state index contributed by atoms with van der Waals surface area (Å²) in [5, 5.41) is -0.101. The second-order valence-corrected chi connectivity index (χ2v) is 6.10. The highest BCUT2D eigenvalue weighted by Gasteiger charge is 2.27. The first-order chi connectivity index (χ1) is 11.6. The van der Waals surface area contributed by atoms with Crippen molar-refractivity contribution in [2.24, 2.45) is 0 Å². The molecule has 0 aliphatic heterocycles. The van der Waals surface area contributed by atoms with E-state index in [9.17, 15) is 18.8 Å². The molecule has 1 N–H and O–H groups in total. The number of carbonyl (C=O) groups excluding carboxylic acids is 3. The van der Waals surface area contributed by atoms with Gasteiger partial charge in [-0.2, -0.15) is 0 Å². The Morgan fingerprint density at radius 3 is 2.36 bits per heavy atom. The van der Waals surface area contributed by atoms with Crippen molar-refractivity contribution in [3.63, 3.8) is 0 Å².